The third kappa shape index (κ3) is 6.42. The number of β-amino-alcohol motifs (C(OH)–C–C–N with tert-alkyl or cyclic N) is 1. The summed E-state index contributed by atoms with van der Waals surface area (Å²) in [5.41, 5.74) is 3.18. The number of carboxylic acid groups (broad SMARTS) is 1. The van der Waals surface area contributed by atoms with E-state index < -0.39 is 24.1 Å². The SMILES string of the molecule is CC(C(=O)O)c1ccc(O[C@@H](C)[C@@H](O)CNC(C)(C)CC2Cc3ccccc3C2)c(Cl)c1Cl. The topological polar surface area (TPSA) is 78.8 Å². The van der Waals surface area contributed by atoms with Gasteiger partial charge in [-0.1, -0.05) is 53.5 Å². The van der Waals surface area contributed by atoms with Gasteiger partial charge in [0.1, 0.15) is 23.0 Å². The van der Waals surface area contributed by atoms with Crippen LogP contribution < -0.4 is 10.1 Å². The van der Waals surface area contributed by atoms with E-state index in [1.165, 1.54) is 11.1 Å². The summed E-state index contributed by atoms with van der Waals surface area (Å²) < 4.78 is 5.87. The summed E-state index contributed by atoms with van der Waals surface area (Å²) in [4.78, 5) is 11.3. The average molecular weight is 494 g/mol. The second kappa shape index (κ2) is 10.6. The predicted octanol–water partition coefficient (Wildman–Crippen LogP) is 5.48. The molecular formula is C26H33Cl2NO4. The fraction of sp³-hybridized carbons (Fsp3) is 0.500. The number of aliphatic hydroxyl groups excluding tert-OH is 1. The van der Waals surface area contributed by atoms with Crippen molar-refractivity contribution in [2.45, 2.75) is 70.6 Å². The largest absolute Gasteiger partial charge is 0.486 e. The van der Waals surface area contributed by atoms with Gasteiger partial charge in [0.25, 0.3) is 0 Å². The Labute approximate surface area is 206 Å². The molecule has 3 rings (SSSR count). The number of nitrogens with one attached hydrogen (secondary N) is 1. The maximum atomic E-state index is 11.3. The molecular weight excluding hydrogens is 461 g/mol. The van der Waals surface area contributed by atoms with Gasteiger partial charge >= 0.3 is 5.97 Å². The van der Waals surface area contributed by atoms with E-state index in [0.717, 1.165) is 19.3 Å². The first-order valence-corrected chi connectivity index (χ1v) is 12.1. The Bertz CT molecular complexity index is 969. The van der Waals surface area contributed by atoms with Crippen LogP contribution in [0.25, 0.3) is 0 Å². The Morgan fingerprint density at radius 2 is 1.73 bits per heavy atom. The number of fused-ring (bicyclic) bond motifs is 1. The first-order chi connectivity index (χ1) is 15.5. The number of aliphatic hydroxyl groups is 1. The second-order valence-corrected chi connectivity index (χ2v) is 10.5. The highest BCUT2D eigenvalue weighted by Crippen LogP contribution is 2.38. The van der Waals surface area contributed by atoms with E-state index in [0.29, 0.717) is 23.8 Å². The zero-order valence-corrected chi connectivity index (χ0v) is 21.1. The van der Waals surface area contributed by atoms with Crippen LogP contribution in [0.1, 0.15) is 56.7 Å². The van der Waals surface area contributed by atoms with E-state index in [4.69, 9.17) is 27.9 Å². The average Bonchev–Trinajstić information content (AvgIpc) is 3.16. The highest BCUT2D eigenvalue weighted by Gasteiger charge is 2.29. The molecule has 0 heterocycles. The third-order valence-electron chi connectivity index (χ3n) is 6.49. The van der Waals surface area contributed by atoms with Gasteiger partial charge in [0.15, 0.2) is 0 Å². The van der Waals surface area contributed by atoms with Gasteiger partial charge in [-0.25, -0.2) is 0 Å². The Kier molecular flexibility index (Phi) is 8.33. The molecule has 1 aliphatic carbocycles. The van der Waals surface area contributed by atoms with Gasteiger partial charge in [-0.15, -0.1) is 0 Å². The molecule has 0 saturated carbocycles. The number of carboxylic acids is 1. The van der Waals surface area contributed by atoms with E-state index in [1.54, 1.807) is 26.0 Å². The van der Waals surface area contributed by atoms with Gasteiger partial charge < -0.3 is 20.3 Å². The monoisotopic (exact) mass is 493 g/mol. The van der Waals surface area contributed by atoms with Crippen molar-refractivity contribution >= 4 is 29.2 Å². The minimum Gasteiger partial charge on any atom is -0.486 e. The van der Waals surface area contributed by atoms with Crippen molar-refractivity contribution in [1.82, 2.24) is 5.32 Å². The number of rotatable bonds is 10. The summed E-state index contributed by atoms with van der Waals surface area (Å²) in [6, 6.07) is 11.8. The molecule has 0 bridgehead atoms. The zero-order valence-electron chi connectivity index (χ0n) is 19.6. The number of benzene rings is 2. The van der Waals surface area contributed by atoms with Crippen LogP contribution in [0.5, 0.6) is 5.75 Å². The summed E-state index contributed by atoms with van der Waals surface area (Å²) in [6.07, 6.45) is 1.89. The summed E-state index contributed by atoms with van der Waals surface area (Å²) >= 11 is 12.6. The fourth-order valence-electron chi connectivity index (χ4n) is 4.52. The van der Waals surface area contributed by atoms with E-state index in [9.17, 15) is 15.0 Å². The van der Waals surface area contributed by atoms with Crippen molar-refractivity contribution in [2.75, 3.05) is 6.54 Å². The fourth-order valence-corrected chi connectivity index (χ4v) is 5.06. The number of halogens is 2. The van der Waals surface area contributed by atoms with Crippen molar-refractivity contribution in [3.05, 3.63) is 63.1 Å². The maximum absolute atomic E-state index is 11.3. The second-order valence-electron chi connectivity index (χ2n) is 9.74. The number of aliphatic carboxylic acids is 1. The first kappa shape index (κ1) is 25.8. The Morgan fingerprint density at radius 3 is 2.30 bits per heavy atom. The molecule has 0 amide bonds. The lowest BCUT2D eigenvalue weighted by Gasteiger charge is -2.32. The van der Waals surface area contributed by atoms with Crippen LogP contribution in [0.3, 0.4) is 0 Å². The molecule has 7 heteroatoms. The van der Waals surface area contributed by atoms with Crippen LogP contribution in [-0.4, -0.2) is 40.5 Å². The smallest absolute Gasteiger partial charge is 0.310 e. The summed E-state index contributed by atoms with van der Waals surface area (Å²) in [5.74, 6) is -0.868. The molecule has 3 N–H and O–H groups in total. The predicted molar refractivity (Wildman–Crippen MR) is 133 cm³/mol. The van der Waals surface area contributed by atoms with Gasteiger partial charge in [-0.3, -0.25) is 4.79 Å². The summed E-state index contributed by atoms with van der Waals surface area (Å²) in [5, 5.41) is 23.7. The lowest BCUT2D eigenvalue weighted by atomic mass is 9.88. The van der Waals surface area contributed by atoms with Gasteiger partial charge in [0.05, 0.1) is 10.9 Å². The molecule has 3 atom stereocenters. The first-order valence-electron chi connectivity index (χ1n) is 11.4. The van der Waals surface area contributed by atoms with Crippen molar-refractivity contribution in [2.24, 2.45) is 5.92 Å². The van der Waals surface area contributed by atoms with E-state index in [1.807, 2.05) is 0 Å². The normalized spacial score (nSPS) is 16.8. The number of hydrogen-bond acceptors (Lipinski definition) is 4. The molecule has 1 unspecified atom stereocenters. The Hall–Kier alpha value is -1.79. The molecule has 0 saturated heterocycles. The highest BCUT2D eigenvalue weighted by atomic mass is 35.5. The van der Waals surface area contributed by atoms with E-state index >= 15 is 0 Å². The molecule has 33 heavy (non-hydrogen) atoms. The number of carbonyl (C=O) groups is 1. The van der Waals surface area contributed by atoms with Gasteiger partial charge in [0, 0.05) is 12.1 Å². The van der Waals surface area contributed by atoms with Crippen LogP contribution in [-0.2, 0) is 17.6 Å². The zero-order chi connectivity index (χ0) is 24.3. The quantitative estimate of drug-likeness (QED) is 0.408. The highest BCUT2D eigenvalue weighted by molar-refractivity contribution is 6.43. The standard InChI is InChI=1S/C26H33Cl2NO4/c1-15(25(31)32)20-9-10-22(24(28)23(20)27)33-16(2)21(30)14-29-26(3,4)13-17-11-18-7-5-6-8-19(18)12-17/h5-10,15-17,21,29-30H,11-14H2,1-4H3,(H,31,32)/t15?,16-,21-/m0/s1. The van der Waals surface area contributed by atoms with Gasteiger partial charge in [0.2, 0.25) is 0 Å². The van der Waals surface area contributed by atoms with Crippen molar-refractivity contribution in [3.63, 3.8) is 0 Å². The molecule has 0 spiro atoms. The lowest BCUT2D eigenvalue weighted by molar-refractivity contribution is -0.138. The van der Waals surface area contributed by atoms with Crippen LogP contribution >= 0.6 is 23.2 Å². The minimum absolute atomic E-state index is 0.136. The molecule has 2 aromatic rings. The van der Waals surface area contributed by atoms with Crippen LogP contribution in [0.15, 0.2) is 36.4 Å². The third-order valence-corrected chi connectivity index (χ3v) is 7.37. The molecule has 2 aromatic carbocycles. The minimum atomic E-state index is -0.986. The maximum Gasteiger partial charge on any atom is 0.310 e. The Balaban J connectivity index is 1.53. The van der Waals surface area contributed by atoms with Crippen LogP contribution in [0.2, 0.25) is 10.0 Å². The molecule has 5 nitrogen and oxygen atoms in total. The molecule has 0 radical (unpaired) electrons. The van der Waals surface area contributed by atoms with Crippen molar-refractivity contribution in [1.29, 1.82) is 0 Å². The van der Waals surface area contributed by atoms with E-state index in [2.05, 4.69) is 43.4 Å². The van der Waals surface area contributed by atoms with Crippen LogP contribution in [0, 0.1) is 5.92 Å². The molecule has 180 valence electrons. The Morgan fingerprint density at radius 1 is 1.12 bits per heavy atom. The summed E-state index contributed by atoms with van der Waals surface area (Å²) in [7, 11) is 0. The molecule has 1 aliphatic rings. The van der Waals surface area contributed by atoms with Gasteiger partial charge in [-0.05, 0) is 75.6 Å². The van der Waals surface area contributed by atoms with E-state index in [-0.39, 0.29) is 15.6 Å². The van der Waals surface area contributed by atoms with Crippen LogP contribution in [0.4, 0.5) is 0 Å². The van der Waals surface area contributed by atoms with Gasteiger partial charge in [-0.2, -0.15) is 0 Å². The number of ether oxygens (including phenoxy) is 1. The molecule has 0 aromatic heterocycles. The molecule has 0 aliphatic heterocycles. The molecule has 0 fully saturated rings. The van der Waals surface area contributed by atoms with Crippen molar-refractivity contribution in [3.8, 4) is 5.75 Å². The van der Waals surface area contributed by atoms with Crippen molar-refractivity contribution < 1.29 is 19.7 Å². The lowest BCUT2D eigenvalue weighted by Crippen LogP contribution is -2.48. The number of hydrogen-bond donors (Lipinski definition) is 3. The summed E-state index contributed by atoms with van der Waals surface area (Å²) in [6.45, 7) is 8.00.